The molecule has 0 heterocycles. The number of hydrogen-bond donors (Lipinski definition) is 2. The van der Waals surface area contributed by atoms with Crippen molar-refractivity contribution in [2.75, 3.05) is 19.5 Å². The Hall–Kier alpha value is -1.91. The fourth-order valence-corrected chi connectivity index (χ4v) is 2.79. The summed E-state index contributed by atoms with van der Waals surface area (Å²) in [6, 6.07) is 5.51. The highest BCUT2D eigenvalue weighted by atomic mass is 16.5. The summed E-state index contributed by atoms with van der Waals surface area (Å²) >= 11 is 0. The summed E-state index contributed by atoms with van der Waals surface area (Å²) in [5, 5.41) is 6.34. The Kier molecular flexibility index (Phi) is 5.92. The molecule has 22 heavy (non-hydrogen) atoms. The van der Waals surface area contributed by atoms with Gasteiger partial charge in [0, 0.05) is 12.1 Å². The molecule has 2 rings (SSSR count). The summed E-state index contributed by atoms with van der Waals surface area (Å²) in [6.07, 6.45) is 5.87. The third kappa shape index (κ3) is 4.29. The third-order valence-corrected chi connectivity index (χ3v) is 4.13. The van der Waals surface area contributed by atoms with Crippen molar-refractivity contribution in [1.29, 1.82) is 0 Å². The lowest BCUT2D eigenvalue weighted by atomic mass is 9.95. The Morgan fingerprint density at radius 2 is 1.91 bits per heavy atom. The number of methoxy groups -OCH3 is 2. The van der Waals surface area contributed by atoms with Gasteiger partial charge in [0.1, 0.15) is 17.5 Å². The number of carbonyl (C=O) groups is 1. The van der Waals surface area contributed by atoms with E-state index < -0.39 is 0 Å². The second-order valence-corrected chi connectivity index (χ2v) is 5.78. The number of rotatable bonds is 6. The minimum atomic E-state index is -0.316. The van der Waals surface area contributed by atoms with Crippen LogP contribution in [0.25, 0.3) is 0 Å². The van der Waals surface area contributed by atoms with Crippen molar-refractivity contribution >= 4 is 11.6 Å². The summed E-state index contributed by atoms with van der Waals surface area (Å²) < 4.78 is 10.5. The normalized spacial score (nSPS) is 16.7. The predicted octanol–water partition coefficient (Wildman–Crippen LogP) is 2.95. The SMILES string of the molecule is COc1ccc(N[C@H](C)C(=O)NC2CCCCC2)c(OC)c1. The molecule has 0 bridgehead atoms. The van der Waals surface area contributed by atoms with Crippen molar-refractivity contribution in [3.8, 4) is 11.5 Å². The molecular weight excluding hydrogens is 280 g/mol. The topological polar surface area (TPSA) is 59.6 Å². The molecule has 1 aliphatic carbocycles. The van der Waals surface area contributed by atoms with Crippen LogP contribution in [0.2, 0.25) is 0 Å². The van der Waals surface area contributed by atoms with E-state index in [1.165, 1.54) is 19.3 Å². The number of nitrogens with one attached hydrogen (secondary N) is 2. The van der Waals surface area contributed by atoms with Gasteiger partial charge in [0.2, 0.25) is 5.91 Å². The van der Waals surface area contributed by atoms with Gasteiger partial charge in [-0.25, -0.2) is 0 Å². The summed E-state index contributed by atoms with van der Waals surface area (Å²) in [7, 11) is 3.22. The van der Waals surface area contributed by atoms with Crippen LogP contribution in [0.1, 0.15) is 39.0 Å². The van der Waals surface area contributed by atoms with Crippen LogP contribution in [-0.2, 0) is 4.79 Å². The minimum absolute atomic E-state index is 0.0322. The van der Waals surface area contributed by atoms with Crippen LogP contribution in [0.5, 0.6) is 11.5 Å². The third-order valence-electron chi connectivity index (χ3n) is 4.13. The molecule has 1 fully saturated rings. The summed E-state index contributed by atoms with van der Waals surface area (Å²) in [5.41, 5.74) is 0.787. The van der Waals surface area contributed by atoms with Crippen molar-refractivity contribution in [3.63, 3.8) is 0 Å². The predicted molar refractivity (Wildman–Crippen MR) is 87.6 cm³/mol. The fourth-order valence-electron chi connectivity index (χ4n) is 2.79. The molecule has 1 amide bonds. The Bertz CT molecular complexity index is 499. The maximum atomic E-state index is 12.3. The first kappa shape index (κ1) is 16.5. The Morgan fingerprint density at radius 1 is 1.18 bits per heavy atom. The molecule has 5 nitrogen and oxygen atoms in total. The molecule has 1 aliphatic rings. The molecule has 0 saturated heterocycles. The van der Waals surface area contributed by atoms with Gasteiger partial charge in [-0.2, -0.15) is 0 Å². The van der Waals surface area contributed by atoms with E-state index in [2.05, 4.69) is 10.6 Å². The number of amides is 1. The maximum absolute atomic E-state index is 12.3. The molecule has 1 atom stereocenters. The van der Waals surface area contributed by atoms with E-state index in [-0.39, 0.29) is 11.9 Å². The highest BCUT2D eigenvalue weighted by molar-refractivity contribution is 5.85. The van der Waals surface area contributed by atoms with Crippen LogP contribution < -0.4 is 20.1 Å². The highest BCUT2D eigenvalue weighted by Gasteiger charge is 2.20. The van der Waals surface area contributed by atoms with Crippen LogP contribution in [-0.4, -0.2) is 32.2 Å². The minimum Gasteiger partial charge on any atom is -0.497 e. The van der Waals surface area contributed by atoms with Crippen LogP contribution in [0.15, 0.2) is 18.2 Å². The summed E-state index contributed by atoms with van der Waals surface area (Å²) in [5.74, 6) is 1.42. The van der Waals surface area contributed by atoms with E-state index >= 15 is 0 Å². The second-order valence-electron chi connectivity index (χ2n) is 5.78. The molecule has 1 aromatic carbocycles. The first-order chi connectivity index (χ1) is 10.6. The second kappa shape index (κ2) is 7.92. The van der Waals surface area contributed by atoms with E-state index in [0.717, 1.165) is 24.3 Å². The molecular formula is C17H26N2O3. The van der Waals surface area contributed by atoms with E-state index in [9.17, 15) is 4.79 Å². The zero-order valence-electron chi connectivity index (χ0n) is 13.6. The lowest BCUT2D eigenvalue weighted by Crippen LogP contribution is -2.44. The standard InChI is InChI=1S/C17H26N2O3/c1-12(17(20)19-13-7-5-4-6-8-13)18-15-10-9-14(21-2)11-16(15)22-3/h9-13,18H,4-8H2,1-3H3,(H,19,20)/t12-/m1/s1. The van der Waals surface area contributed by atoms with Gasteiger partial charge in [-0.15, -0.1) is 0 Å². The van der Waals surface area contributed by atoms with Gasteiger partial charge >= 0.3 is 0 Å². The summed E-state index contributed by atoms with van der Waals surface area (Å²) in [6.45, 7) is 1.86. The monoisotopic (exact) mass is 306 g/mol. The molecule has 5 heteroatoms. The molecule has 2 N–H and O–H groups in total. The quantitative estimate of drug-likeness (QED) is 0.848. The molecule has 1 aromatic rings. The van der Waals surface area contributed by atoms with Gasteiger partial charge in [0.25, 0.3) is 0 Å². The van der Waals surface area contributed by atoms with E-state index in [4.69, 9.17) is 9.47 Å². The number of carbonyl (C=O) groups excluding carboxylic acids is 1. The number of hydrogen-bond acceptors (Lipinski definition) is 4. The summed E-state index contributed by atoms with van der Waals surface area (Å²) in [4.78, 5) is 12.3. The maximum Gasteiger partial charge on any atom is 0.242 e. The number of benzene rings is 1. The molecule has 0 radical (unpaired) electrons. The van der Waals surface area contributed by atoms with Gasteiger partial charge in [0.05, 0.1) is 19.9 Å². The van der Waals surface area contributed by atoms with Crippen molar-refractivity contribution in [2.45, 2.75) is 51.1 Å². The van der Waals surface area contributed by atoms with Crippen LogP contribution in [0, 0.1) is 0 Å². The molecule has 1 saturated carbocycles. The van der Waals surface area contributed by atoms with Gasteiger partial charge in [0.15, 0.2) is 0 Å². The zero-order valence-corrected chi connectivity index (χ0v) is 13.6. The van der Waals surface area contributed by atoms with Crippen LogP contribution >= 0.6 is 0 Å². The molecule has 0 unspecified atom stereocenters. The average Bonchev–Trinajstić information content (AvgIpc) is 2.56. The molecule has 0 aliphatic heterocycles. The van der Waals surface area contributed by atoms with Gasteiger partial charge in [-0.1, -0.05) is 19.3 Å². The van der Waals surface area contributed by atoms with Crippen molar-refractivity contribution in [1.82, 2.24) is 5.32 Å². The average molecular weight is 306 g/mol. The number of anilines is 1. The molecule has 0 aromatic heterocycles. The first-order valence-electron chi connectivity index (χ1n) is 7.93. The zero-order chi connectivity index (χ0) is 15.9. The highest BCUT2D eigenvalue weighted by Crippen LogP contribution is 2.29. The van der Waals surface area contributed by atoms with Gasteiger partial charge < -0.3 is 20.1 Å². The van der Waals surface area contributed by atoms with Gasteiger partial charge in [-0.05, 0) is 31.9 Å². The number of ether oxygens (including phenoxy) is 2. The lowest BCUT2D eigenvalue weighted by Gasteiger charge is -2.25. The Labute approximate surface area is 132 Å². The van der Waals surface area contributed by atoms with E-state index in [1.807, 2.05) is 19.1 Å². The Morgan fingerprint density at radius 3 is 2.55 bits per heavy atom. The smallest absolute Gasteiger partial charge is 0.242 e. The largest absolute Gasteiger partial charge is 0.497 e. The van der Waals surface area contributed by atoms with Crippen LogP contribution in [0.3, 0.4) is 0 Å². The van der Waals surface area contributed by atoms with Crippen molar-refractivity contribution in [3.05, 3.63) is 18.2 Å². The van der Waals surface area contributed by atoms with Crippen molar-refractivity contribution in [2.24, 2.45) is 0 Å². The lowest BCUT2D eigenvalue weighted by molar-refractivity contribution is -0.122. The van der Waals surface area contributed by atoms with Crippen molar-refractivity contribution < 1.29 is 14.3 Å². The molecule has 0 spiro atoms. The Balaban J connectivity index is 1.95. The van der Waals surface area contributed by atoms with E-state index in [0.29, 0.717) is 11.8 Å². The fraction of sp³-hybridized carbons (Fsp3) is 0.588. The molecule has 122 valence electrons. The van der Waals surface area contributed by atoms with Gasteiger partial charge in [-0.3, -0.25) is 4.79 Å². The van der Waals surface area contributed by atoms with E-state index in [1.54, 1.807) is 20.3 Å². The van der Waals surface area contributed by atoms with Crippen LogP contribution in [0.4, 0.5) is 5.69 Å². The first-order valence-corrected chi connectivity index (χ1v) is 7.93.